The van der Waals surface area contributed by atoms with Crippen molar-refractivity contribution in [2.75, 3.05) is 0 Å². The van der Waals surface area contributed by atoms with Crippen molar-refractivity contribution in [1.29, 1.82) is 21.2 Å². The van der Waals surface area contributed by atoms with E-state index in [4.69, 9.17) is 21.2 Å². The molecule has 0 radical (unpaired) electrons. The van der Waals surface area contributed by atoms with Gasteiger partial charge in [0.05, 0.1) is 5.57 Å². The largest absolute Gasteiger partial charge is 0.307 e. The van der Waals surface area contributed by atoms with Crippen LogP contribution in [0, 0.1) is 39.4 Å². The number of hydrogen-bond donors (Lipinski definition) is 1. The molecule has 0 aliphatic carbocycles. The van der Waals surface area contributed by atoms with Gasteiger partial charge in [0.2, 0.25) is 0 Å². The van der Waals surface area contributed by atoms with Crippen molar-refractivity contribution < 1.29 is 0 Å². The van der Waals surface area contributed by atoms with Crippen LogP contribution in [0.1, 0.15) is 18.3 Å². The molecule has 242 valence electrons. The number of nitriles is 3. The predicted molar refractivity (Wildman–Crippen MR) is 206 cm³/mol. The molecule has 0 unspecified atom stereocenters. The van der Waals surface area contributed by atoms with Gasteiger partial charge in [-0.15, -0.1) is 0 Å². The van der Waals surface area contributed by atoms with Crippen LogP contribution >= 0.6 is 0 Å². The molecule has 0 atom stereocenters. The Morgan fingerprint density at radius 2 is 0.961 bits per heavy atom. The molecule has 2 heterocycles. The van der Waals surface area contributed by atoms with Gasteiger partial charge < -0.3 is 5.41 Å². The zero-order chi connectivity index (χ0) is 36.2. The Morgan fingerprint density at radius 3 is 1.31 bits per heavy atom. The molecular weight excluding hydrogens is 625 g/mol. The number of pyridine rings is 2. The summed E-state index contributed by atoms with van der Waals surface area (Å²) in [4.78, 5) is 8.10. The summed E-state index contributed by atoms with van der Waals surface area (Å²) in [6.45, 7) is 9.36. The van der Waals surface area contributed by atoms with Crippen LogP contribution in [-0.2, 0) is 0 Å². The van der Waals surface area contributed by atoms with E-state index in [1.54, 1.807) is 30.6 Å². The summed E-state index contributed by atoms with van der Waals surface area (Å²) < 4.78 is 0. The summed E-state index contributed by atoms with van der Waals surface area (Å²) >= 11 is 0. The lowest BCUT2D eigenvalue weighted by molar-refractivity contribution is 1.26. The molecule has 6 aromatic rings. The molecule has 6 rings (SSSR count). The quantitative estimate of drug-likeness (QED) is 0.0992. The highest BCUT2D eigenvalue weighted by molar-refractivity contribution is 5.91. The standard InChI is InChI=1S/C34H20N4.C11H12N2/c35-21-33-19-31(13-15-37-33)25-5-1-23(2-6-25)27-9-11-30-18-28(10-12-29(30)17-27)24-3-7-26(8-4-24)32-14-16-38-34(20-32)22-36;1-4-5-9(2)10(3)6-11(7-12)8-13/h1-20H;4-7,12H,2-3H2,1H3/b;5-4-,11-6+,12-7?. The van der Waals surface area contributed by atoms with Gasteiger partial charge in [-0.25, -0.2) is 9.97 Å². The van der Waals surface area contributed by atoms with Gasteiger partial charge in [-0.1, -0.05) is 98.1 Å². The van der Waals surface area contributed by atoms with Crippen LogP contribution in [0.3, 0.4) is 0 Å². The van der Waals surface area contributed by atoms with Crippen LogP contribution < -0.4 is 0 Å². The molecule has 0 spiro atoms. The fourth-order valence-electron chi connectivity index (χ4n) is 5.35. The van der Waals surface area contributed by atoms with E-state index < -0.39 is 0 Å². The summed E-state index contributed by atoms with van der Waals surface area (Å²) in [7, 11) is 0. The average molecular weight is 657 g/mol. The maximum Gasteiger partial charge on any atom is 0.141 e. The van der Waals surface area contributed by atoms with Crippen LogP contribution in [0.2, 0.25) is 0 Å². The summed E-state index contributed by atoms with van der Waals surface area (Å²) in [5.74, 6) is 0. The van der Waals surface area contributed by atoms with E-state index in [0.29, 0.717) is 17.0 Å². The van der Waals surface area contributed by atoms with E-state index in [9.17, 15) is 0 Å². The highest BCUT2D eigenvalue weighted by atomic mass is 14.7. The summed E-state index contributed by atoms with van der Waals surface area (Å²) in [6.07, 6.45) is 9.51. The first kappa shape index (κ1) is 34.9. The van der Waals surface area contributed by atoms with Gasteiger partial charge in [0, 0.05) is 18.6 Å². The SMILES string of the molecule is C=C(/C=C\C)C(=C)/C=C(/C#N)C=N.N#Cc1cc(-c2ccc(-c3ccc4cc(-c5ccc(-c6ccnc(C#N)c6)cc5)ccc4c3)cc2)ccn1. The van der Waals surface area contributed by atoms with Crippen molar-refractivity contribution in [2.24, 2.45) is 0 Å². The second kappa shape index (κ2) is 16.6. The van der Waals surface area contributed by atoms with Gasteiger partial charge in [0.25, 0.3) is 0 Å². The third kappa shape index (κ3) is 8.72. The monoisotopic (exact) mass is 656 g/mol. The molecule has 0 fully saturated rings. The van der Waals surface area contributed by atoms with E-state index in [1.807, 2.05) is 31.2 Å². The van der Waals surface area contributed by atoms with Gasteiger partial charge in [-0.05, 0) is 116 Å². The molecule has 1 N–H and O–H groups in total. The second-order valence-corrected chi connectivity index (χ2v) is 11.4. The molecule has 4 aromatic carbocycles. The predicted octanol–water partition coefficient (Wildman–Crippen LogP) is 10.8. The van der Waals surface area contributed by atoms with Gasteiger partial charge in [-0.3, -0.25) is 0 Å². The molecule has 0 amide bonds. The van der Waals surface area contributed by atoms with Gasteiger partial charge in [0.1, 0.15) is 29.6 Å². The van der Waals surface area contributed by atoms with Crippen LogP contribution in [0.4, 0.5) is 0 Å². The number of allylic oxidation sites excluding steroid dienone is 6. The van der Waals surface area contributed by atoms with Crippen molar-refractivity contribution in [3.63, 3.8) is 0 Å². The van der Waals surface area contributed by atoms with Crippen LogP contribution in [0.15, 0.2) is 170 Å². The number of nitrogens with one attached hydrogen (secondary N) is 1. The van der Waals surface area contributed by atoms with Crippen LogP contribution in [0.25, 0.3) is 55.3 Å². The van der Waals surface area contributed by atoms with Gasteiger partial charge in [0.15, 0.2) is 0 Å². The Balaban J connectivity index is 0.000000332. The Bertz CT molecular complexity index is 2310. The zero-order valence-electron chi connectivity index (χ0n) is 28.0. The first-order valence-corrected chi connectivity index (χ1v) is 16.0. The van der Waals surface area contributed by atoms with Crippen molar-refractivity contribution >= 4 is 17.0 Å². The lowest BCUT2D eigenvalue weighted by atomic mass is 9.96. The Morgan fingerprint density at radius 1 is 0.569 bits per heavy atom. The minimum absolute atomic E-state index is 0.274. The average Bonchev–Trinajstić information content (AvgIpc) is 3.20. The van der Waals surface area contributed by atoms with Crippen molar-refractivity contribution in [2.45, 2.75) is 6.92 Å². The first-order chi connectivity index (χ1) is 24.8. The Hall–Kier alpha value is -7.46. The molecule has 51 heavy (non-hydrogen) atoms. The molecule has 6 nitrogen and oxygen atoms in total. The van der Waals surface area contributed by atoms with E-state index in [0.717, 1.165) is 56.3 Å². The molecular formula is C45H32N6. The highest BCUT2D eigenvalue weighted by Gasteiger charge is 2.06. The van der Waals surface area contributed by atoms with Crippen molar-refractivity contribution in [3.05, 3.63) is 181 Å². The molecule has 0 saturated heterocycles. The number of rotatable bonds is 8. The van der Waals surface area contributed by atoms with E-state index in [-0.39, 0.29) is 5.57 Å². The highest BCUT2D eigenvalue weighted by Crippen LogP contribution is 2.31. The van der Waals surface area contributed by atoms with Crippen LogP contribution in [0.5, 0.6) is 0 Å². The minimum Gasteiger partial charge on any atom is -0.307 e. The number of hydrogen-bond acceptors (Lipinski definition) is 6. The Labute approximate surface area is 298 Å². The summed E-state index contributed by atoms with van der Waals surface area (Å²) in [5, 5.41) is 36.0. The zero-order valence-corrected chi connectivity index (χ0v) is 28.0. The number of benzene rings is 4. The summed E-state index contributed by atoms with van der Waals surface area (Å²) in [6, 6.07) is 43.3. The van der Waals surface area contributed by atoms with Gasteiger partial charge >= 0.3 is 0 Å². The minimum atomic E-state index is 0.274. The smallest absolute Gasteiger partial charge is 0.141 e. The van der Waals surface area contributed by atoms with Gasteiger partial charge in [-0.2, -0.15) is 15.8 Å². The maximum atomic E-state index is 9.12. The third-order valence-corrected chi connectivity index (χ3v) is 8.09. The number of nitrogens with zero attached hydrogens (tertiary/aromatic N) is 5. The molecule has 0 aliphatic rings. The van der Waals surface area contributed by atoms with E-state index >= 15 is 0 Å². The van der Waals surface area contributed by atoms with E-state index in [2.05, 4.69) is 120 Å². The molecule has 6 heteroatoms. The first-order valence-electron chi connectivity index (χ1n) is 16.0. The van der Waals surface area contributed by atoms with Crippen molar-refractivity contribution in [1.82, 2.24) is 9.97 Å². The fourth-order valence-corrected chi connectivity index (χ4v) is 5.35. The summed E-state index contributed by atoms with van der Waals surface area (Å²) in [5.41, 5.74) is 11.2. The molecule has 0 bridgehead atoms. The maximum absolute atomic E-state index is 9.12. The van der Waals surface area contributed by atoms with Crippen LogP contribution in [-0.4, -0.2) is 16.2 Å². The van der Waals surface area contributed by atoms with Crippen molar-refractivity contribution in [3.8, 4) is 62.7 Å². The number of fused-ring (bicyclic) bond motifs is 1. The van der Waals surface area contributed by atoms with E-state index in [1.165, 1.54) is 16.8 Å². The molecule has 0 saturated carbocycles. The lowest BCUT2D eigenvalue weighted by Gasteiger charge is -2.09. The lowest BCUT2D eigenvalue weighted by Crippen LogP contribution is -1.86. The molecule has 2 aromatic heterocycles. The second-order valence-electron chi connectivity index (χ2n) is 11.4. The topological polar surface area (TPSA) is 121 Å². The molecule has 0 aliphatic heterocycles. The fraction of sp³-hybridized carbons (Fsp3) is 0.0222. The number of aromatic nitrogens is 2. The Kier molecular flexibility index (Phi) is 11.3. The third-order valence-electron chi connectivity index (χ3n) is 8.09. The normalized spacial score (nSPS) is 10.7.